The van der Waals surface area contributed by atoms with E-state index in [9.17, 15) is 21.6 Å². The van der Waals surface area contributed by atoms with Crippen LogP contribution in [0.1, 0.15) is 12.6 Å². The van der Waals surface area contributed by atoms with Gasteiger partial charge in [0.25, 0.3) is 0 Å². The molecule has 4 nitrogen and oxygen atoms in total. The highest BCUT2D eigenvalue weighted by molar-refractivity contribution is 7.89. The molecule has 0 saturated carbocycles. The van der Waals surface area contributed by atoms with E-state index in [-0.39, 0.29) is 4.90 Å². The molecule has 0 aliphatic carbocycles. The van der Waals surface area contributed by atoms with Gasteiger partial charge in [-0.1, -0.05) is 0 Å². The molecule has 1 atom stereocenters. The van der Waals surface area contributed by atoms with Gasteiger partial charge in [0.05, 0.1) is 0 Å². The Balaban J connectivity index is 3.02. The van der Waals surface area contributed by atoms with Crippen molar-refractivity contribution in [1.29, 1.82) is 0 Å². The van der Waals surface area contributed by atoms with Gasteiger partial charge in [-0.05, 0) is 19.9 Å². The fourth-order valence-electron chi connectivity index (χ4n) is 1.23. The van der Waals surface area contributed by atoms with Crippen LogP contribution in [0.5, 0.6) is 0 Å². The Morgan fingerprint density at radius 2 is 1.94 bits per heavy atom. The van der Waals surface area contributed by atoms with Crippen molar-refractivity contribution in [2.24, 2.45) is 7.05 Å². The first-order chi connectivity index (χ1) is 7.55. The van der Waals surface area contributed by atoms with Crippen molar-refractivity contribution < 1.29 is 21.6 Å². The molecular formula is C9H13F3N2O2S. The van der Waals surface area contributed by atoms with Crippen molar-refractivity contribution in [2.75, 3.05) is 0 Å². The summed E-state index contributed by atoms with van der Waals surface area (Å²) in [5.74, 6) is 0. The van der Waals surface area contributed by atoms with Crippen LogP contribution in [-0.2, 0) is 17.1 Å². The minimum atomic E-state index is -4.60. The van der Waals surface area contributed by atoms with Gasteiger partial charge in [-0.3, -0.25) is 0 Å². The molecule has 8 heteroatoms. The average molecular weight is 270 g/mol. The third-order valence-corrected chi connectivity index (χ3v) is 4.12. The van der Waals surface area contributed by atoms with Gasteiger partial charge in [-0.15, -0.1) is 0 Å². The number of nitrogens with one attached hydrogen (secondary N) is 1. The Morgan fingerprint density at radius 3 is 2.29 bits per heavy atom. The Labute approximate surface area is 97.5 Å². The first kappa shape index (κ1) is 14.0. The summed E-state index contributed by atoms with van der Waals surface area (Å²) >= 11 is 0. The molecule has 0 amide bonds. The van der Waals surface area contributed by atoms with Crippen molar-refractivity contribution in [3.05, 3.63) is 18.0 Å². The van der Waals surface area contributed by atoms with Crippen molar-refractivity contribution in [1.82, 2.24) is 9.29 Å². The number of halogens is 3. The molecule has 0 aliphatic rings. The second-order valence-electron chi connectivity index (χ2n) is 3.76. The van der Waals surface area contributed by atoms with Crippen LogP contribution in [-0.4, -0.2) is 25.2 Å². The van der Waals surface area contributed by atoms with Crippen LogP contribution >= 0.6 is 0 Å². The van der Waals surface area contributed by atoms with Gasteiger partial charge in [0.1, 0.15) is 10.9 Å². The highest BCUT2D eigenvalue weighted by Gasteiger charge is 2.39. The molecule has 1 heterocycles. The maximum absolute atomic E-state index is 12.3. The van der Waals surface area contributed by atoms with E-state index >= 15 is 0 Å². The molecule has 1 rings (SSSR count). The van der Waals surface area contributed by atoms with E-state index in [1.807, 2.05) is 0 Å². The summed E-state index contributed by atoms with van der Waals surface area (Å²) in [5.41, 5.74) is 0.381. The van der Waals surface area contributed by atoms with Crippen LogP contribution in [0.4, 0.5) is 13.2 Å². The molecule has 1 aromatic heterocycles. The molecule has 0 saturated heterocycles. The maximum Gasteiger partial charge on any atom is 0.404 e. The van der Waals surface area contributed by atoms with Crippen LogP contribution < -0.4 is 4.72 Å². The molecule has 17 heavy (non-hydrogen) atoms. The van der Waals surface area contributed by atoms with Gasteiger partial charge < -0.3 is 4.57 Å². The first-order valence-corrected chi connectivity index (χ1v) is 6.25. The van der Waals surface area contributed by atoms with E-state index < -0.39 is 22.2 Å². The molecule has 0 fully saturated rings. The second kappa shape index (κ2) is 4.34. The maximum atomic E-state index is 12.3. The number of aromatic nitrogens is 1. The molecule has 0 bridgehead atoms. The normalized spacial score (nSPS) is 14.9. The van der Waals surface area contributed by atoms with E-state index in [2.05, 4.69) is 0 Å². The predicted molar refractivity (Wildman–Crippen MR) is 56.0 cm³/mol. The highest BCUT2D eigenvalue weighted by atomic mass is 32.2. The fraction of sp³-hybridized carbons (Fsp3) is 0.556. The van der Waals surface area contributed by atoms with E-state index in [1.165, 1.54) is 23.8 Å². The zero-order chi connectivity index (χ0) is 13.4. The van der Waals surface area contributed by atoms with Crippen molar-refractivity contribution >= 4 is 10.0 Å². The van der Waals surface area contributed by atoms with Crippen LogP contribution in [0.15, 0.2) is 17.2 Å². The Bertz CT molecular complexity index is 505. The fourth-order valence-corrected chi connectivity index (χ4v) is 2.73. The number of sulfonamides is 1. The molecule has 98 valence electrons. The van der Waals surface area contributed by atoms with Gasteiger partial charge in [-0.2, -0.15) is 17.9 Å². The lowest BCUT2D eigenvalue weighted by atomic mass is 10.4. The number of aryl methyl sites for hydroxylation is 1. The average Bonchev–Trinajstić information content (AvgIpc) is 2.45. The van der Waals surface area contributed by atoms with Crippen LogP contribution in [0, 0.1) is 6.92 Å². The van der Waals surface area contributed by atoms with Gasteiger partial charge in [0.2, 0.25) is 10.0 Å². The van der Waals surface area contributed by atoms with Gasteiger partial charge in [-0.25, -0.2) is 8.42 Å². The lowest BCUT2D eigenvalue weighted by molar-refractivity contribution is -0.147. The zero-order valence-corrected chi connectivity index (χ0v) is 10.4. The summed E-state index contributed by atoms with van der Waals surface area (Å²) in [4.78, 5) is -0.142. The third kappa shape index (κ3) is 3.01. The number of rotatable bonds is 3. The number of hydrogen-bond donors (Lipinski definition) is 1. The lowest BCUT2D eigenvalue weighted by Gasteiger charge is -2.17. The van der Waals surface area contributed by atoms with E-state index in [0.717, 1.165) is 6.92 Å². The quantitative estimate of drug-likeness (QED) is 0.906. The summed E-state index contributed by atoms with van der Waals surface area (Å²) in [5, 5.41) is 0. The van der Waals surface area contributed by atoms with E-state index in [0.29, 0.717) is 5.69 Å². The highest BCUT2D eigenvalue weighted by Crippen LogP contribution is 2.22. The molecule has 0 aliphatic heterocycles. The zero-order valence-electron chi connectivity index (χ0n) is 9.54. The molecule has 0 unspecified atom stereocenters. The standard InChI is InChI=1S/C9H13F3N2O2S/c1-6-8(4-5-14(6)3)17(15,16)13-7(2)9(10,11)12/h4-5,7,13H,1-3H3/t7-/m1/s1. The predicted octanol–water partition coefficient (Wildman–Crippen LogP) is 1.56. The SMILES string of the molecule is Cc1c(S(=O)(=O)N[C@H](C)C(F)(F)F)ccn1C. The molecule has 0 aromatic carbocycles. The second-order valence-corrected chi connectivity index (χ2v) is 5.44. The first-order valence-electron chi connectivity index (χ1n) is 4.76. The number of alkyl halides is 3. The summed E-state index contributed by atoms with van der Waals surface area (Å²) in [7, 11) is -2.53. The Morgan fingerprint density at radius 1 is 1.41 bits per heavy atom. The van der Waals surface area contributed by atoms with Crippen LogP contribution in [0.2, 0.25) is 0 Å². The number of nitrogens with zero attached hydrogens (tertiary/aromatic N) is 1. The topological polar surface area (TPSA) is 51.1 Å². The summed E-state index contributed by atoms with van der Waals surface area (Å²) in [6.45, 7) is 2.28. The van der Waals surface area contributed by atoms with Crippen molar-refractivity contribution in [3.63, 3.8) is 0 Å². The summed E-state index contributed by atoms with van der Waals surface area (Å²) in [6, 6.07) is -0.854. The van der Waals surface area contributed by atoms with Gasteiger partial charge in [0.15, 0.2) is 0 Å². The Kier molecular flexibility index (Phi) is 3.58. The minimum Gasteiger partial charge on any atom is -0.353 e. The molecule has 0 radical (unpaired) electrons. The van der Waals surface area contributed by atoms with Crippen molar-refractivity contribution in [2.45, 2.75) is 31.0 Å². The van der Waals surface area contributed by atoms with Crippen LogP contribution in [0.3, 0.4) is 0 Å². The van der Waals surface area contributed by atoms with Gasteiger partial charge >= 0.3 is 6.18 Å². The Hall–Kier alpha value is -1.02. The smallest absolute Gasteiger partial charge is 0.353 e. The van der Waals surface area contributed by atoms with E-state index in [4.69, 9.17) is 0 Å². The van der Waals surface area contributed by atoms with Gasteiger partial charge in [0, 0.05) is 18.9 Å². The number of hydrogen-bond acceptors (Lipinski definition) is 2. The summed E-state index contributed by atoms with van der Waals surface area (Å²) < 4.78 is 63.3. The minimum absolute atomic E-state index is 0.142. The molecule has 0 spiro atoms. The molecule has 1 aromatic rings. The van der Waals surface area contributed by atoms with Crippen molar-refractivity contribution in [3.8, 4) is 0 Å². The van der Waals surface area contributed by atoms with Crippen LogP contribution in [0.25, 0.3) is 0 Å². The molecular weight excluding hydrogens is 257 g/mol. The van der Waals surface area contributed by atoms with E-state index in [1.54, 1.807) is 11.8 Å². The molecule has 1 N–H and O–H groups in total. The lowest BCUT2D eigenvalue weighted by Crippen LogP contribution is -2.43. The monoisotopic (exact) mass is 270 g/mol. The summed E-state index contributed by atoms with van der Waals surface area (Å²) in [6.07, 6.45) is -3.13. The largest absolute Gasteiger partial charge is 0.404 e. The third-order valence-electron chi connectivity index (χ3n) is 2.45.